The number of alkyl halides is 3. The van der Waals surface area contributed by atoms with E-state index in [1.54, 1.807) is 24.3 Å². The van der Waals surface area contributed by atoms with Gasteiger partial charge in [-0.2, -0.15) is 18.3 Å². The second kappa shape index (κ2) is 8.93. The molecule has 3 heterocycles. The number of nitrogens with one attached hydrogen (secondary N) is 2. The largest absolute Gasteiger partial charge is 0.433 e. The third kappa shape index (κ3) is 4.89. The average molecular weight is 499 g/mol. The van der Waals surface area contributed by atoms with Gasteiger partial charge in [-0.1, -0.05) is 28.1 Å². The number of morpholine rings is 1. The van der Waals surface area contributed by atoms with Crippen LogP contribution in [0.5, 0.6) is 0 Å². The van der Waals surface area contributed by atoms with E-state index >= 15 is 0 Å². The zero-order valence-corrected chi connectivity index (χ0v) is 18.0. The van der Waals surface area contributed by atoms with E-state index < -0.39 is 17.8 Å². The lowest BCUT2D eigenvalue weighted by Gasteiger charge is -2.23. The molecule has 31 heavy (non-hydrogen) atoms. The minimum atomic E-state index is -4.66. The summed E-state index contributed by atoms with van der Waals surface area (Å²) in [7, 11) is 0. The quantitative estimate of drug-likeness (QED) is 0.562. The molecule has 1 aromatic carbocycles. The second-order valence-corrected chi connectivity index (χ2v) is 8.11. The first-order valence-corrected chi connectivity index (χ1v) is 10.5. The van der Waals surface area contributed by atoms with Crippen LogP contribution in [0.25, 0.3) is 16.9 Å². The Morgan fingerprint density at radius 3 is 2.61 bits per heavy atom. The fraction of sp³-hybridized carbons (Fsp3) is 0.350. The number of fused-ring (bicyclic) bond motifs is 1. The molecule has 2 N–H and O–H groups in total. The third-order valence-electron chi connectivity index (χ3n) is 5.11. The van der Waals surface area contributed by atoms with Crippen LogP contribution in [0.2, 0.25) is 0 Å². The molecule has 164 valence electrons. The van der Waals surface area contributed by atoms with Gasteiger partial charge in [0.25, 0.3) is 5.91 Å². The highest BCUT2D eigenvalue weighted by Gasteiger charge is 2.36. The smallest absolute Gasteiger partial charge is 0.370 e. The van der Waals surface area contributed by atoms with Crippen molar-refractivity contribution in [2.45, 2.75) is 6.18 Å². The molecule has 1 aliphatic heterocycles. The van der Waals surface area contributed by atoms with Gasteiger partial charge in [0.1, 0.15) is 18.7 Å². The molecular weight excluding hydrogens is 479 g/mol. The predicted octanol–water partition coefficient (Wildman–Crippen LogP) is 1.82. The highest BCUT2D eigenvalue weighted by molar-refractivity contribution is 9.10. The lowest BCUT2D eigenvalue weighted by molar-refractivity contribution is -0.906. The number of halogens is 4. The van der Waals surface area contributed by atoms with Crippen LogP contribution in [-0.2, 0) is 10.9 Å². The number of carbonyl (C=O) groups is 1. The van der Waals surface area contributed by atoms with Crippen molar-refractivity contribution in [1.82, 2.24) is 19.9 Å². The van der Waals surface area contributed by atoms with Gasteiger partial charge in [-0.05, 0) is 18.2 Å². The maximum absolute atomic E-state index is 13.7. The lowest BCUT2D eigenvalue weighted by Crippen LogP contribution is -3.14. The SMILES string of the molecule is O=C(NCC[NH+]1CCOCC1)c1cnn2c(C(F)(F)F)cc(-c3ccc(Br)cc3)nc12. The summed E-state index contributed by atoms with van der Waals surface area (Å²) < 4.78 is 47.8. The molecule has 7 nitrogen and oxygen atoms in total. The number of quaternary nitrogens is 1. The minimum Gasteiger partial charge on any atom is -0.370 e. The van der Waals surface area contributed by atoms with E-state index in [2.05, 4.69) is 31.3 Å². The van der Waals surface area contributed by atoms with Crippen LogP contribution in [0, 0.1) is 0 Å². The molecule has 0 bridgehead atoms. The molecule has 0 aliphatic carbocycles. The molecule has 2 aromatic heterocycles. The molecule has 4 rings (SSSR count). The molecule has 1 saturated heterocycles. The van der Waals surface area contributed by atoms with Gasteiger partial charge in [-0.15, -0.1) is 0 Å². The van der Waals surface area contributed by atoms with Crippen molar-refractivity contribution in [3.8, 4) is 11.3 Å². The Labute approximate surface area is 184 Å². The van der Waals surface area contributed by atoms with Crippen LogP contribution < -0.4 is 10.2 Å². The van der Waals surface area contributed by atoms with Crippen molar-refractivity contribution in [3.63, 3.8) is 0 Å². The first kappa shape index (κ1) is 21.7. The summed E-state index contributed by atoms with van der Waals surface area (Å²) in [6.07, 6.45) is -3.54. The molecular formula is C20H20BrF3N5O2+. The third-order valence-corrected chi connectivity index (χ3v) is 5.64. The summed E-state index contributed by atoms with van der Waals surface area (Å²) in [4.78, 5) is 18.3. The van der Waals surface area contributed by atoms with Crippen LogP contribution >= 0.6 is 15.9 Å². The standard InChI is InChI=1S/C20H19BrF3N5O2/c21-14-3-1-13(2-4-14)16-11-17(20(22,23)24)29-18(27-16)15(12-26-29)19(30)25-5-6-28-7-9-31-10-8-28/h1-4,11-12H,5-10H2,(H,25,30)/p+1. The van der Waals surface area contributed by atoms with E-state index in [4.69, 9.17) is 4.74 Å². The summed E-state index contributed by atoms with van der Waals surface area (Å²) >= 11 is 3.31. The van der Waals surface area contributed by atoms with E-state index in [0.29, 0.717) is 36.4 Å². The summed E-state index contributed by atoms with van der Waals surface area (Å²) in [6, 6.07) is 7.68. The molecule has 0 atom stereocenters. The van der Waals surface area contributed by atoms with E-state index in [-0.39, 0.29) is 16.9 Å². The molecule has 11 heteroatoms. The van der Waals surface area contributed by atoms with E-state index in [1.807, 2.05) is 0 Å². The highest BCUT2D eigenvalue weighted by atomic mass is 79.9. The summed E-state index contributed by atoms with van der Waals surface area (Å²) in [5.41, 5.74) is -0.517. The first-order chi connectivity index (χ1) is 14.8. The number of hydrogen-bond donors (Lipinski definition) is 2. The topological polar surface area (TPSA) is 73.0 Å². The van der Waals surface area contributed by atoms with Crippen molar-refractivity contribution in [3.05, 3.63) is 52.3 Å². The van der Waals surface area contributed by atoms with Gasteiger partial charge in [0.15, 0.2) is 11.3 Å². The predicted molar refractivity (Wildman–Crippen MR) is 110 cm³/mol. The number of aromatic nitrogens is 3. The van der Waals surface area contributed by atoms with E-state index in [1.165, 1.54) is 4.90 Å². The van der Waals surface area contributed by atoms with Crippen LogP contribution in [0.3, 0.4) is 0 Å². The summed E-state index contributed by atoms with van der Waals surface area (Å²) in [5, 5.41) is 6.57. The Morgan fingerprint density at radius 1 is 1.23 bits per heavy atom. The number of ether oxygens (including phenoxy) is 1. The molecule has 0 saturated carbocycles. The summed E-state index contributed by atoms with van der Waals surface area (Å²) in [6.45, 7) is 4.18. The normalized spacial score (nSPS) is 15.4. The number of carbonyl (C=O) groups excluding carboxylic acids is 1. The minimum absolute atomic E-state index is 0.00133. The second-order valence-electron chi connectivity index (χ2n) is 7.19. The van der Waals surface area contributed by atoms with Crippen molar-refractivity contribution in [2.75, 3.05) is 39.4 Å². The Hall–Kier alpha value is -2.50. The maximum Gasteiger partial charge on any atom is 0.433 e. The van der Waals surface area contributed by atoms with Gasteiger partial charge in [0.05, 0.1) is 38.2 Å². The molecule has 1 aliphatic rings. The summed E-state index contributed by atoms with van der Waals surface area (Å²) in [5.74, 6) is -0.503. The Bertz CT molecular complexity index is 1080. The van der Waals surface area contributed by atoms with Crippen LogP contribution in [0.15, 0.2) is 41.0 Å². The Kier molecular flexibility index (Phi) is 6.26. The van der Waals surface area contributed by atoms with Crippen molar-refractivity contribution >= 4 is 27.5 Å². The van der Waals surface area contributed by atoms with Gasteiger partial charge >= 0.3 is 6.18 Å². The fourth-order valence-electron chi connectivity index (χ4n) is 3.45. The van der Waals surface area contributed by atoms with Gasteiger partial charge in [0.2, 0.25) is 0 Å². The van der Waals surface area contributed by atoms with Crippen molar-refractivity contribution < 1.29 is 27.6 Å². The number of nitrogens with zero attached hydrogens (tertiary/aromatic N) is 3. The maximum atomic E-state index is 13.7. The molecule has 1 amide bonds. The van der Waals surface area contributed by atoms with Crippen LogP contribution in [0.4, 0.5) is 13.2 Å². The zero-order chi connectivity index (χ0) is 22.0. The van der Waals surface area contributed by atoms with Crippen LogP contribution in [-0.4, -0.2) is 59.9 Å². The first-order valence-electron chi connectivity index (χ1n) is 9.74. The average Bonchev–Trinajstić information content (AvgIpc) is 3.17. The van der Waals surface area contributed by atoms with Crippen molar-refractivity contribution in [2.24, 2.45) is 0 Å². The molecule has 1 fully saturated rings. The van der Waals surface area contributed by atoms with Crippen LogP contribution in [0.1, 0.15) is 16.1 Å². The molecule has 3 aromatic rings. The van der Waals surface area contributed by atoms with E-state index in [0.717, 1.165) is 29.8 Å². The number of hydrogen-bond acceptors (Lipinski definition) is 4. The molecule has 0 radical (unpaired) electrons. The highest BCUT2D eigenvalue weighted by Crippen LogP contribution is 2.33. The molecule has 0 spiro atoms. The Balaban J connectivity index is 1.63. The number of rotatable bonds is 5. The Morgan fingerprint density at radius 2 is 1.94 bits per heavy atom. The lowest BCUT2D eigenvalue weighted by atomic mass is 10.1. The van der Waals surface area contributed by atoms with E-state index in [9.17, 15) is 18.0 Å². The molecule has 0 unspecified atom stereocenters. The van der Waals surface area contributed by atoms with Gasteiger partial charge in [-0.3, -0.25) is 4.79 Å². The van der Waals surface area contributed by atoms with Gasteiger partial charge in [0, 0.05) is 10.0 Å². The zero-order valence-electron chi connectivity index (χ0n) is 16.4. The monoisotopic (exact) mass is 498 g/mol. The number of benzene rings is 1. The van der Waals surface area contributed by atoms with Crippen molar-refractivity contribution in [1.29, 1.82) is 0 Å². The van der Waals surface area contributed by atoms with Gasteiger partial charge in [-0.25, -0.2) is 9.50 Å². The number of amides is 1. The fourth-order valence-corrected chi connectivity index (χ4v) is 3.72. The van der Waals surface area contributed by atoms with Gasteiger partial charge < -0.3 is 15.0 Å².